The summed E-state index contributed by atoms with van der Waals surface area (Å²) < 4.78 is 7.56. The third-order valence-corrected chi connectivity index (χ3v) is 3.61. The molecule has 1 N–H and O–H groups in total. The molecule has 16 heavy (non-hydrogen) atoms. The molecule has 1 aromatic heterocycles. The lowest BCUT2D eigenvalue weighted by molar-refractivity contribution is 0.0655. The third kappa shape index (κ3) is 1.74. The van der Waals surface area contributed by atoms with Crippen molar-refractivity contribution in [3.8, 4) is 0 Å². The van der Waals surface area contributed by atoms with Crippen molar-refractivity contribution in [2.24, 2.45) is 0 Å². The molecular formula is C11H15N3OS. The fourth-order valence-electron chi connectivity index (χ4n) is 2.42. The third-order valence-electron chi connectivity index (χ3n) is 3.33. The highest BCUT2D eigenvalue weighted by Gasteiger charge is 2.23. The van der Waals surface area contributed by atoms with Crippen molar-refractivity contribution in [3.05, 3.63) is 17.5 Å². The number of rotatable bonds is 1. The van der Waals surface area contributed by atoms with Crippen molar-refractivity contribution >= 4 is 17.2 Å². The van der Waals surface area contributed by atoms with E-state index in [1.165, 1.54) is 11.3 Å². The Labute approximate surface area is 100.0 Å². The van der Waals surface area contributed by atoms with Crippen molar-refractivity contribution in [1.29, 1.82) is 0 Å². The second-order valence-electron chi connectivity index (χ2n) is 4.36. The summed E-state index contributed by atoms with van der Waals surface area (Å²) in [4.78, 5) is 0.932. The molecule has 0 saturated carbocycles. The molecule has 0 amide bonds. The Morgan fingerprint density at radius 2 is 2.25 bits per heavy atom. The van der Waals surface area contributed by atoms with Crippen LogP contribution in [0.15, 0.2) is 6.20 Å². The van der Waals surface area contributed by atoms with Gasteiger partial charge >= 0.3 is 0 Å². The average molecular weight is 237 g/mol. The molecule has 1 saturated heterocycles. The van der Waals surface area contributed by atoms with E-state index in [9.17, 15) is 0 Å². The fraction of sp³-hybridized carbons (Fsp3) is 0.636. The first-order chi connectivity index (χ1) is 7.84. The van der Waals surface area contributed by atoms with E-state index in [0.29, 0.717) is 6.04 Å². The van der Waals surface area contributed by atoms with Gasteiger partial charge in [0.15, 0.2) is 0 Å². The van der Waals surface area contributed by atoms with Crippen LogP contribution in [0.2, 0.25) is 0 Å². The number of fused-ring (bicyclic) bond motifs is 1. The molecule has 0 aliphatic carbocycles. The van der Waals surface area contributed by atoms with Gasteiger partial charge in [-0.1, -0.05) is 12.2 Å². The molecule has 2 aliphatic rings. The van der Waals surface area contributed by atoms with Crippen LogP contribution in [0.1, 0.15) is 30.1 Å². The first-order valence-corrected chi connectivity index (χ1v) is 6.15. The largest absolute Gasteiger partial charge is 0.381 e. The summed E-state index contributed by atoms with van der Waals surface area (Å²) in [5, 5.41) is 7.73. The van der Waals surface area contributed by atoms with Crippen molar-refractivity contribution in [2.45, 2.75) is 31.8 Å². The van der Waals surface area contributed by atoms with Crippen LogP contribution in [-0.4, -0.2) is 28.0 Å². The molecule has 2 aliphatic heterocycles. The molecule has 86 valence electrons. The fourth-order valence-corrected chi connectivity index (χ4v) is 2.63. The zero-order valence-corrected chi connectivity index (χ0v) is 9.92. The maximum atomic E-state index is 5.38. The van der Waals surface area contributed by atoms with Crippen molar-refractivity contribution < 1.29 is 4.74 Å². The van der Waals surface area contributed by atoms with Gasteiger partial charge in [0.25, 0.3) is 0 Å². The summed E-state index contributed by atoms with van der Waals surface area (Å²) in [5.41, 5.74) is 2.59. The number of thiocarbonyl (C=S) groups is 1. The molecule has 0 aromatic carbocycles. The Morgan fingerprint density at radius 1 is 1.44 bits per heavy atom. The van der Waals surface area contributed by atoms with Gasteiger partial charge in [0.1, 0.15) is 0 Å². The molecule has 0 atom stereocenters. The zero-order chi connectivity index (χ0) is 11.0. The Balaban J connectivity index is 1.89. The van der Waals surface area contributed by atoms with E-state index in [1.807, 2.05) is 6.20 Å². The smallest absolute Gasteiger partial charge is 0.0816 e. The molecule has 4 nitrogen and oxygen atoms in total. The van der Waals surface area contributed by atoms with Crippen molar-refractivity contribution in [1.82, 2.24) is 15.1 Å². The minimum Gasteiger partial charge on any atom is -0.381 e. The first kappa shape index (κ1) is 10.2. The molecule has 0 unspecified atom stereocenters. The number of ether oxygens (including phenoxy) is 1. The van der Waals surface area contributed by atoms with Gasteiger partial charge in [-0.3, -0.25) is 4.68 Å². The van der Waals surface area contributed by atoms with E-state index in [4.69, 9.17) is 17.0 Å². The Hall–Kier alpha value is -0.940. The molecule has 1 fully saturated rings. The molecule has 1 aromatic rings. The van der Waals surface area contributed by atoms with Crippen LogP contribution in [0, 0.1) is 0 Å². The summed E-state index contributed by atoms with van der Waals surface area (Å²) in [6, 6.07) is 0.499. The Morgan fingerprint density at radius 3 is 3.06 bits per heavy atom. The van der Waals surface area contributed by atoms with Crippen molar-refractivity contribution in [3.63, 3.8) is 0 Å². The van der Waals surface area contributed by atoms with Crippen LogP contribution < -0.4 is 5.32 Å². The van der Waals surface area contributed by atoms with Crippen LogP contribution in [0.25, 0.3) is 0 Å². The SMILES string of the molecule is S=C1Cc2c(cnn2C2CCOCC2)CN1. The molecule has 3 rings (SSSR count). The topological polar surface area (TPSA) is 39.1 Å². The maximum absolute atomic E-state index is 5.38. The second-order valence-corrected chi connectivity index (χ2v) is 4.85. The lowest BCUT2D eigenvalue weighted by Gasteiger charge is -2.26. The highest BCUT2D eigenvalue weighted by Crippen LogP contribution is 2.25. The van der Waals surface area contributed by atoms with Crippen LogP contribution in [-0.2, 0) is 17.7 Å². The van der Waals surface area contributed by atoms with Gasteiger partial charge < -0.3 is 10.1 Å². The summed E-state index contributed by atoms with van der Waals surface area (Å²) in [7, 11) is 0. The van der Waals surface area contributed by atoms with E-state index < -0.39 is 0 Å². The minimum absolute atomic E-state index is 0.499. The van der Waals surface area contributed by atoms with Gasteiger partial charge in [-0.05, 0) is 12.8 Å². The van der Waals surface area contributed by atoms with Crippen LogP contribution in [0.4, 0.5) is 0 Å². The number of nitrogens with one attached hydrogen (secondary N) is 1. The molecular weight excluding hydrogens is 222 g/mol. The number of nitrogens with zero attached hydrogens (tertiary/aromatic N) is 2. The van der Waals surface area contributed by atoms with E-state index in [1.54, 1.807) is 0 Å². The van der Waals surface area contributed by atoms with E-state index in [2.05, 4.69) is 15.1 Å². The van der Waals surface area contributed by atoms with E-state index in [0.717, 1.165) is 44.0 Å². The highest BCUT2D eigenvalue weighted by molar-refractivity contribution is 7.80. The summed E-state index contributed by atoms with van der Waals surface area (Å²) in [6.45, 7) is 2.53. The Kier molecular flexibility index (Phi) is 2.65. The van der Waals surface area contributed by atoms with Gasteiger partial charge in [-0.25, -0.2) is 0 Å². The lowest BCUT2D eigenvalue weighted by atomic mass is 10.1. The maximum Gasteiger partial charge on any atom is 0.0816 e. The summed E-state index contributed by atoms with van der Waals surface area (Å²) in [5.74, 6) is 0. The average Bonchev–Trinajstić information content (AvgIpc) is 2.73. The van der Waals surface area contributed by atoms with Gasteiger partial charge in [0.05, 0.1) is 22.9 Å². The highest BCUT2D eigenvalue weighted by atomic mass is 32.1. The van der Waals surface area contributed by atoms with E-state index >= 15 is 0 Å². The Bertz CT molecular complexity index is 409. The van der Waals surface area contributed by atoms with E-state index in [-0.39, 0.29) is 0 Å². The zero-order valence-electron chi connectivity index (χ0n) is 9.11. The molecule has 0 radical (unpaired) electrons. The van der Waals surface area contributed by atoms with Crippen LogP contribution >= 0.6 is 12.2 Å². The second kappa shape index (κ2) is 4.14. The molecule has 5 heteroatoms. The summed E-state index contributed by atoms with van der Waals surface area (Å²) in [6.07, 6.45) is 4.93. The normalized spacial score (nSPS) is 21.6. The summed E-state index contributed by atoms with van der Waals surface area (Å²) >= 11 is 5.23. The molecule has 0 bridgehead atoms. The molecule has 0 spiro atoms. The van der Waals surface area contributed by atoms with Gasteiger partial charge in [-0.15, -0.1) is 0 Å². The van der Waals surface area contributed by atoms with Crippen LogP contribution in [0.5, 0.6) is 0 Å². The van der Waals surface area contributed by atoms with Gasteiger partial charge in [0, 0.05) is 31.7 Å². The number of hydrogen-bond donors (Lipinski definition) is 1. The lowest BCUT2D eigenvalue weighted by Crippen LogP contribution is -2.31. The number of aromatic nitrogens is 2. The minimum atomic E-state index is 0.499. The molecule has 3 heterocycles. The quantitative estimate of drug-likeness (QED) is 0.745. The predicted molar refractivity (Wildman–Crippen MR) is 64.5 cm³/mol. The predicted octanol–water partition coefficient (Wildman–Crippen LogP) is 1.21. The van der Waals surface area contributed by atoms with Gasteiger partial charge in [0.2, 0.25) is 0 Å². The first-order valence-electron chi connectivity index (χ1n) is 5.74. The standard InChI is InChI=1S/C11H15N3OS/c16-11-5-10-8(6-12-11)7-13-14(10)9-1-3-15-4-2-9/h7,9H,1-6H2,(H,12,16). The monoisotopic (exact) mass is 237 g/mol. The van der Waals surface area contributed by atoms with Gasteiger partial charge in [-0.2, -0.15) is 5.10 Å². The van der Waals surface area contributed by atoms with Crippen LogP contribution in [0.3, 0.4) is 0 Å². The number of hydrogen-bond acceptors (Lipinski definition) is 3. The van der Waals surface area contributed by atoms with Crippen molar-refractivity contribution in [2.75, 3.05) is 13.2 Å².